The van der Waals surface area contributed by atoms with Gasteiger partial charge in [-0.05, 0) is 12.5 Å². The molecule has 0 aliphatic heterocycles. The zero-order chi connectivity index (χ0) is 15.3. The van der Waals surface area contributed by atoms with Gasteiger partial charge in [0.25, 0.3) is 5.69 Å². The van der Waals surface area contributed by atoms with E-state index in [4.69, 9.17) is 0 Å². The van der Waals surface area contributed by atoms with Crippen molar-refractivity contribution in [2.24, 2.45) is 0 Å². The van der Waals surface area contributed by atoms with Crippen LogP contribution in [0.25, 0.3) is 0 Å². The summed E-state index contributed by atoms with van der Waals surface area (Å²) in [6.07, 6.45) is -0.964. The van der Waals surface area contributed by atoms with Crippen LogP contribution in [0.4, 0.5) is 10.5 Å². The number of benzene rings is 1. The zero-order valence-electron chi connectivity index (χ0n) is 11.0. The molecule has 0 fully saturated rings. The maximum atomic E-state index is 11.9. The molecule has 1 rings (SSSR count). The van der Waals surface area contributed by atoms with Crippen molar-refractivity contribution in [2.75, 3.05) is 13.7 Å². The Bertz CT molecular complexity index is 596. The summed E-state index contributed by atoms with van der Waals surface area (Å²) >= 11 is 0. The zero-order valence-corrected chi connectivity index (χ0v) is 11.8. The van der Waals surface area contributed by atoms with E-state index >= 15 is 0 Å². The average Bonchev–Trinajstić information content (AvgIpc) is 2.38. The Morgan fingerprint density at radius 2 is 1.90 bits per heavy atom. The number of rotatable bonds is 5. The van der Waals surface area contributed by atoms with Gasteiger partial charge in [0.2, 0.25) is 10.0 Å². The van der Waals surface area contributed by atoms with Gasteiger partial charge in [0.05, 0.1) is 17.3 Å². The van der Waals surface area contributed by atoms with Gasteiger partial charge < -0.3 is 4.74 Å². The Morgan fingerprint density at radius 3 is 2.35 bits per heavy atom. The number of nitro groups is 1. The van der Waals surface area contributed by atoms with Gasteiger partial charge in [0.1, 0.15) is 0 Å². The molecule has 1 aromatic carbocycles. The van der Waals surface area contributed by atoms with E-state index < -0.39 is 26.8 Å². The van der Waals surface area contributed by atoms with Crippen molar-refractivity contribution < 1.29 is 22.9 Å². The first-order valence-corrected chi connectivity index (χ1v) is 7.25. The number of nitro benzene ring substituents is 1. The van der Waals surface area contributed by atoms with Gasteiger partial charge in [-0.25, -0.2) is 17.5 Å². The first-order chi connectivity index (χ1) is 9.27. The number of carbonyl (C=O) groups is 1. The van der Waals surface area contributed by atoms with Gasteiger partial charge in [-0.1, -0.05) is 12.1 Å². The summed E-state index contributed by atoms with van der Waals surface area (Å²) in [5, 5.41) is 10.5. The molecule has 0 N–H and O–H groups in total. The normalized spacial score (nSPS) is 10.9. The third kappa shape index (κ3) is 3.92. The van der Waals surface area contributed by atoms with E-state index in [-0.39, 0.29) is 12.3 Å². The molecule has 0 aromatic heterocycles. The number of sulfonamides is 1. The van der Waals surface area contributed by atoms with Crippen molar-refractivity contribution in [1.82, 2.24) is 4.31 Å². The second-order valence-electron chi connectivity index (χ2n) is 3.85. The number of hydrogen-bond donors (Lipinski definition) is 0. The summed E-state index contributed by atoms with van der Waals surface area (Å²) < 4.78 is 29.0. The molecule has 0 heterocycles. The molecule has 0 saturated heterocycles. The lowest BCUT2D eigenvalue weighted by Crippen LogP contribution is -2.34. The SMILES string of the molecule is CCOC(=O)N(C)S(=O)(=O)Cc1ccc([N+](=O)[O-])cc1. The van der Waals surface area contributed by atoms with E-state index in [0.29, 0.717) is 9.87 Å². The summed E-state index contributed by atoms with van der Waals surface area (Å²) in [4.78, 5) is 21.3. The summed E-state index contributed by atoms with van der Waals surface area (Å²) in [7, 11) is -2.78. The van der Waals surface area contributed by atoms with Gasteiger partial charge in [0.15, 0.2) is 0 Å². The van der Waals surface area contributed by atoms with Crippen molar-refractivity contribution in [3.63, 3.8) is 0 Å². The highest BCUT2D eigenvalue weighted by Gasteiger charge is 2.24. The molecular formula is C11H14N2O6S. The minimum absolute atomic E-state index is 0.0657. The van der Waals surface area contributed by atoms with Gasteiger partial charge in [0, 0.05) is 19.2 Å². The first-order valence-electron chi connectivity index (χ1n) is 5.64. The third-order valence-corrected chi connectivity index (χ3v) is 4.12. The van der Waals surface area contributed by atoms with Gasteiger partial charge in [-0.2, -0.15) is 0 Å². The van der Waals surface area contributed by atoms with Crippen molar-refractivity contribution in [1.29, 1.82) is 0 Å². The van der Waals surface area contributed by atoms with Crippen LogP contribution < -0.4 is 0 Å². The van der Waals surface area contributed by atoms with E-state index in [1.54, 1.807) is 6.92 Å². The summed E-state index contributed by atoms with van der Waals surface area (Å²) in [5.41, 5.74) is 0.205. The molecule has 0 radical (unpaired) electrons. The number of hydrogen-bond acceptors (Lipinski definition) is 6. The van der Waals surface area contributed by atoms with Crippen LogP contribution in [0, 0.1) is 10.1 Å². The molecule has 8 nitrogen and oxygen atoms in total. The Balaban J connectivity index is 2.85. The Kier molecular flexibility index (Phi) is 5.03. The second-order valence-corrected chi connectivity index (χ2v) is 5.85. The largest absolute Gasteiger partial charge is 0.449 e. The standard InChI is InChI=1S/C11H14N2O6S/c1-3-19-11(14)12(2)20(17,18)8-9-4-6-10(7-5-9)13(15)16/h4-7H,3,8H2,1-2H3. The van der Waals surface area contributed by atoms with Crippen LogP contribution in [-0.2, 0) is 20.5 Å². The molecule has 0 saturated carbocycles. The molecule has 110 valence electrons. The fourth-order valence-electron chi connectivity index (χ4n) is 1.35. The molecular weight excluding hydrogens is 288 g/mol. The highest BCUT2D eigenvalue weighted by molar-refractivity contribution is 7.88. The van der Waals surface area contributed by atoms with Crippen molar-refractivity contribution in [3.8, 4) is 0 Å². The predicted molar refractivity (Wildman–Crippen MR) is 70.5 cm³/mol. The smallest absolute Gasteiger partial charge is 0.423 e. The Hall–Kier alpha value is -2.16. The van der Waals surface area contributed by atoms with E-state index in [2.05, 4.69) is 4.74 Å². The van der Waals surface area contributed by atoms with Crippen LogP contribution in [0.3, 0.4) is 0 Å². The second kappa shape index (κ2) is 6.33. The lowest BCUT2D eigenvalue weighted by molar-refractivity contribution is -0.384. The number of amides is 1. The van der Waals surface area contributed by atoms with Crippen molar-refractivity contribution in [3.05, 3.63) is 39.9 Å². The Morgan fingerprint density at radius 1 is 1.35 bits per heavy atom. The van der Waals surface area contributed by atoms with Crippen LogP contribution >= 0.6 is 0 Å². The minimum Gasteiger partial charge on any atom is -0.449 e. The van der Waals surface area contributed by atoms with Crippen LogP contribution in [0.5, 0.6) is 0 Å². The highest BCUT2D eigenvalue weighted by atomic mass is 32.2. The molecule has 0 aliphatic rings. The van der Waals surface area contributed by atoms with Crippen molar-refractivity contribution in [2.45, 2.75) is 12.7 Å². The fraction of sp³-hybridized carbons (Fsp3) is 0.364. The molecule has 9 heteroatoms. The highest BCUT2D eigenvalue weighted by Crippen LogP contribution is 2.15. The summed E-state index contributed by atoms with van der Waals surface area (Å²) in [6.45, 7) is 1.63. The van der Waals surface area contributed by atoms with E-state index in [1.807, 2.05) is 0 Å². The summed E-state index contributed by atoms with van der Waals surface area (Å²) in [5.74, 6) is -0.444. The first kappa shape index (κ1) is 15.9. The molecule has 0 unspecified atom stereocenters. The summed E-state index contributed by atoms with van der Waals surface area (Å²) in [6, 6.07) is 5.06. The van der Waals surface area contributed by atoms with Crippen molar-refractivity contribution >= 4 is 21.8 Å². The Labute approximate surface area is 116 Å². The third-order valence-electron chi connectivity index (χ3n) is 2.44. The van der Waals surface area contributed by atoms with Crippen LogP contribution in [0.15, 0.2) is 24.3 Å². The maximum absolute atomic E-state index is 11.9. The molecule has 1 aromatic rings. The maximum Gasteiger partial charge on any atom is 0.423 e. The van der Waals surface area contributed by atoms with Gasteiger partial charge in [-0.15, -0.1) is 0 Å². The number of nitrogens with zero attached hydrogens (tertiary/aromatic N) is 2. The van der Waals surface area contributed by atoms with E-state index in [1.165, 1.54) is 24.3 Å². The van der Waals surface area contributed by atoms with E-state index in [9.17, 15) is 23.3 Å². The number of ether oxygens (including phenoxy) is 1. The molecule has 0 atom stereocenters. The van der Waals surface area contributed by atoms with Gasteiger partial charge in [-0.3, -0.25) is 10.1 Å². The van der Waals surface area contributed by atoms with Gasteiger partial charge >= 0.3 is 6.09 Å². The number of non-ortho nitro benzene ring substituents is 1. The molecule has 20 heavy (non-hydrogen) atoms. The van der Waals surface area contributed by atoms with Crippen LogP contribution in [-0.4, -0.2) is 37.4 Å². The van der Waals surface area contributed by atoms with Crippen LogP contribution in [0.1, 0.15) is 12.5 Å². The lowest BCUT2D eigenvalue weighted by Gasteiger charge is -2.16. The lowest BCUT2D eigenvalue weighted by atomic mass is 10.2. The molecule has 0 bridgehead atoms. The minimum atomic E-state index is -3.88. The average molecular weight is 302 g/mol. The number of carbonyl (C=O) groups excluding carboxylic acids is 1. The molecule has 0 spiro atoms. The fourth-order valence-corrected chi connectivity index (χ4v) is 2.44. The quantitative estimate of drug-likeness (QED) is 0.602. The molecule has 1 amide bonds. The van der Waals surface area contributed by atoms with E-state index in [0.717, 1.165) is 7.05 Å². The topological polar surface area (TPSA) is 107 Å². The predicted octanol–water partition coefficient (Wildman–Crippen LogP) is 1.51. The van der Waals surface area contributed by atoms with Crippen LogP contribution in [0.2, 0.25) is 0 Å². The monoisotopic (exact) mass is 302 g/mol. The molecule has 0 aliphatic carbocycles.